The molecule has 5 atom stereocenters. The van der Waals surface area contributed by atoms with Crippen LogP contribution < -0.4 is 16.0 Å². The van der Waals surface area contributed by atoms with Crippen molar-refractivity contribution in [3.63, 3.8) is 0 Å². The van der Waals surface area contributed by atoms with Crippen molar-refractivity contribution in [2.75, 3.05) is 39.4 Å². The molecular weight excluding hydrogens is 689 g/mol. The second-order valence-corrected chi connectivity index (χ2v) is 14.1. The summed E-state index contributed by atoms with van der Waals surface area (Å²) in [5, 5.41) is 8.68. The largest absolute Gasteiger partial charge is 0.434 e. The molecule has 3 aromatic rings. The summed E-state index contributed by atoms with van der Waals surface area (Å²) in [5.74, 6) is -2.08. The number of nitrogens with one attached hydrogen (secondary N) is 3. The number of amides is 3. The Morgan fingerprint density at radius 2 is 1.77 bits per heavy atom. The summed E-state index contributed by atoms with van der Waals surface area (Å²) in [4.78, 5) is 45.7. The molecule has 3 aliphatic heterocycles. The van der Waals surface area contributed by atoms with Crippen LogP contribution in [0.4, 0.5) is 18.0 Å². The molecule has 0 bridgehead atoms. The maximum atomic E-state index is 15.6. The summed E-state index contributed by atoms with van der Waals surface area (Å²) in [5.41, 5.74) is 1.12. The molecule has 3 saturated heterocycles. The Kier molecular flexibility index (Phi) is 13.1. The van der Waals surface area contributed by atoms with Crippen LogP contribution in [-0.2, 0) is 25.6 Å². The molecule has 3 aliphatic rings. The SMILES string of the molecule is CCC(=O)NCCCCCCNC(=O)O[C@@H]1C(=O)N(C(c2nc(-c3cc(F)ccc3F)cn2Cc2ccccc2)C2CCOCC2)CC2C(F)CNC21. The number of hydrogen-bond acceptors (Lipinski definition) is 7. The molecule has 6 rings (SSSR count). The second kappa shape index (κ2) is 18.1. The molecule has 4 heterocycles. The predicted molar refractivity (Wildman–Crippen MR) is 191 cm³/mol. The first-order chi connectivity index (χ1) is 25.7. The minimum absolute atomic E-state index is 0.0150. The van der Waals surface area contributed by atoms with E-state index < -0.39 is 53.9 Å². The zero-order chi connectivity index (χ0) is 37.3. The molecule has 11 nitrogen and oxygen atoms in total. The molecule has 0 saturated carbocycles. The highest BCUT2D eigenvalue weighted by atomic mass is 19.1. The van der Waals surface area contributed by atoms with Gasteiger partial charge in [0, 0.05) is 70.0 Å². The van der Waals surface area contributed by atoms with Gasteiger partial charge in [0.05, 0.1) is 17.8 Å². The minimum atomic E-state index is -1.29. The average Bonchev–Trinajstić information content (AvgIpc) is 3.75. The normalized spacial score (nSPS) is 22.3. The number of aromatic nitrogens is 2. The highest BCUT2D eigenvalue weighted by molar-refractivity contribution is 5.86. The van der Waals surface area contributed by atoms with E-state index in [1.807, 2.05) is 34.9 Å². The highest BCUT2D eigenvalue weighted by Gasteiger charge is 2.54. The number of hydrogen-bond donors (Lipinski definition) is 3. The number of nitrogens with zero attached hydrogens (tertiary/aromatic N) is 3. The number of benzene rings is 2. The maximum Gasteiger partial charge on any atom is 0.407 e. The number of unbranched alkanes of at least 4 members (excludes halogenated alkanes) is 3. The maximum absolute atomic E-state index is 15.6. The first-order valence-corrected chi connectivity index (χ1v) is 18.8. The number of likely N-dealkylation sites (tertiary alicyclic amines) is 1. The lowest BCUT2D eigenvalue weighted by Crippen LogP contribution is -2.62. The predicted octanol–water partition coefficient (Wildman–Crippen LogP) is 5.29. The smallest absolute Gasteiger partial charge is 0.407 e. The summed E-state index contributed by atoms with van der Waals surface area (Å²) in [6.07, 6.45) is 3.16. The molecule has 4 unspecified atom stereocenters. The Hall–Kier alpha value is -4.43. The van der Waals surface area contributed by atoms with Crippen LogP contribution in [0.5, 0.6) is 0 Å². The van der Waals surface area contributed by atoms with Crippen molar-refractivity contribution in [2.45, 2.75) is 82.8 Å². The summed E-state index contributed by atoms with van der Waals surface area (Å²) < 4.78 is 58.5. The van der Waals surface area contributed by atoms with Gasteiger partial charge in [-0.1, -0.05) is 50.1 Å². The number of carbonyl (C=O) groups is 3. The number of alkyl carbamates (subject to hydrolysis) is 1. The monoisotopic (exact) mass is 738 g/mol. The zero-order valence-electron chi connectivity index (χ0n) is 30.1. The van der Waals surface area contributed by atoms with Gasteiger partial charge >= 0.3 is 6.09 Å². The third-order valence-corrected chi connectivity index (χ3v) is 10.5. The number of alkyl halides is 1. The van der Waals surface area contributed by atoms with Gasteiger partial charge in [-0.05, 0) is 55.4 Å². The number of halogens is 3. The molecule has 0 radical (unpaired) electrons. The molecule has 2 aromatic carbocycles. The third-order valence-electron chi connectivity index (χ3n) is 10.5. The van der Waals surface area contributed by atoms with E-state index >= 15 is 8.78 Å². The Morgan fingerprint density at radius 3 is 2.51 bits per heavy atom. The number of ether oxygens (including phenoxy) is 2. The lowest BCUT2D eigenvalue weighted by Gasteiger charge is -2.45. The molecule has 3 amide bonds. The minimum Gasteiger partial charge on any atom is -0.434 e. The lowest BCUT2D eigenvalue weighted by molar-refractivity contribution is -0.155. The van der Waals surface area contributed by atoms with Crippen molar-refractivity contribution < 1.29 is 37.0 Å². The van der Waals surface area contributed by atoms with Gasteiger partial charge in [0.25, 0.3) is 5.91 Å². The fourth-order valence-corrected chi connectivity index (χ4v) is 7.68. The van der Waals surface area contributed by atoms with Gasteiger partial charge in [-0.25, -0.2) is 22.9 Å². The molecule has 0 aliphatic carbocycles. The molecular formula is C39H49F3N6O5. The van der Waals surface area contributed by atoms with Crippen molar-refractivity contribution in [2.24, 2.45) is 11.8 Å². The van der Waals surface area contributed by atoms with E-state index in [9.17, 15) is 18.8 Å². The Balaban J connectivity index is 1.26. The average molecular weight is 739 g/mol. The van der Waals surface area contributed by atoms with E-state index in [1.54, 1.807) is 18.0 Å². The fraction of sp³-hybridized carbons (Fsp3) is 0.538. The van der Waals surface area contributed by atoms with Crippen molar-refractivity contribution in [1.29, 1.82) is 0 Å². The molecule has 14 heteroatoms. The van der Waals surface area contributed by atoms with Crippen LogP contribution in [-0.4, -0.2) is 90.1 Å². The first kappa shape index (κ1) is 38.3. The van der Waals surface area contributed by atoms with E-state index in [-0.39, 0.29) is 36.2 Å². The summed E-state index contributed by atoms with van der Waals surface area (Å²) in [6, 6.07) is 11.4. The van der Waals surface area contributed by atoms with Crippen LogP contribution in [0, 0.1) is 23.5 Å². The zero-order valence-corrected chi connectivity index (χ0v) is 30.1. The van der Waals surface area contributed by atoms with Gasteiger partial charge in [-0.15, -0.1) is 0 Å². The van der Waals surface area contributed by atoms with Crippen LogP contribution in [0.1, 0.15) is 69.3 Å². The van der Waals surface area contributed by atoms with Gasteiger partial charge < -0.3 is 34.9 Å². The molecule has 1 aromatic heterocycles. The van der Waals surface area contributed by atoms with Crippen molar-refractivity contribution >= 4 is 17.9 Å². The van der Waals surface area contributed by atoms with Gasteiger partial charge in [0.2, 0.25) is 5.91 Å². The third kappa shape index (κ3) is 9.39. The van der Waals surface area contributed by atoms with Gasteiger partial charge in [-0.3, -0.25) is 9.59 Å². The van der Waals surface area contributed by atoms with Crippen molar-refractivity contribution in [3.05, 3.63) is 77.8 Å². The number of piperidine rings is 1. The van der Waals surface area contributed by atoms with Crippen LogP contribution in [0.3, 0.4) is 0 Å². The van der Waals surface area contributed by atoms with E-state index in [0.29, 0.717) is 64.4 Å². The Bertz CT molecular complexity index is 1700. The standard InChI is InChI=1S/C39H49F3N6O5/c1-2-33(49)43-16-8-3-4-9-17-44-39(51)53-36-34-29(31(42)21-45-34)23-48(38(36)50)35(26-14-18-52-19-15-26)37-46-32(28-20-27(40)12-13-30(28)41)24-47(37)22-25-10-6-5-7-11-25/h5-7,10-13,20,24,26,29,31,34-36,45H,2-4,8-9,14-19,21-23H2,1H3,(H,43,49)(H,44,51)/t29?,31?,34?,35?,36-/m0/s1. The Morgan fingerprint density at radius 1 is 1.04 bits per heavy atom. The summed E-state index contributed by atoms with van der Waals surface area (Å²) in [6.45, 7) is 4.05. The molecule has 53 heavy (non-hydrogen) atoms. The van der Waals surface area contributed by atoms with E-state index in [2.05, 4.69) is 16.0 Å². The first-order valence-electron chi connectivity index (χ1n) is 18.8. The highest BCUT2D eigenvalue weighted by Crippen LogP contribution is 2.41. The van der Waals surface area contributed by atoms with Crippen LogP contribution >= 0.6 is 0 Å². The lowest BCUT2D eigenvalue weighted by atomic mass is 9.84. The quantitative estimate of drug-likeness (QED) is 0.181. The number of imidazole rings is 1. The topological polar surface area (TPSA) is 127 Å². The number of carbonyl (C=O) groups excluding carboxylic acids is 3. The van der Waals surface area contributed by atoms with Crippen LogP contribution in [0.15, 0.2) is 54.7 Å². The van der Waals surface area contributed by atoms with Crippen LogP contribution in [0.25, 0.3) is 11.3 Å². The van der Waals surface area contributed by atoms with Crippen LogP contribution in [0.2, 0.25) is 0 Å². The Labute approximate surface area is 308 Å². The van der Waals surface area contributed by atoms with Gasteiger partial charge in [-0.2, -0.15) is 0 Å². The fourth-order valence-electron chi connectivity index (χ4n) is 7.68. The summed E-state index contributed by atoms with van der Waals surface area (Å²) >= 11 is 0. The van der Waals surface area contributed by atoms with E-state index in [4.69, 9.17) is 14.5 Å². The van der Waals surface area contributed by atoms with E-state index in [0.717, 1.165) is 43.0 Å². The van der Waals surface area contributed by atoms with E-state index in [1.165, 1.54) is 0 Å². The van der Waals surface area contributed by atoms with Gasteiger partial charge in [0.15, 0.2) is 6.10 Å². The van der Waals surface area contributed by atoms with Crippen molar-refractivity contribution in [3.8, 4) is 11.3 Å². The van der Waals surface area contributed by atoms with Crippen molar-refractivity contribution in [1.82, 2.24) is 30.4 Å². The molecule has 3 fully saturated rings. The second-order valence-electron chi connectivity index (χ2n) is 14.1. The summed E-state index contributed by atoms with van der Waals surface area (Å²) in [7, 11) is 0. The number of rotatable bonds is 15. The van der Waals surface area contributed by atoms with Gasteiger partial charge in [0.1, 0.15) is 23.6 Å². The molecule has 3 N–H and O–H groups in total. The number of fused-ring (bicyclic) bond motifs is 1. The molecule has 286 valence electrons. The molecule has 0 spiro atoms.